The molecule has 0 aliphatic rings. The van der Waals surface area contributed by atoms with E-state index in [2.05, 4.69) is 5.32 Å². The van der Waals surface area contributed by atoms with Gasteiger partial charge in [-0.3, -0.25) is 9.59 Å². The fourth-order valence-corrected chi connectivity index (χ4v) is 1.53. The summed E-state index contributed by atoms with van der Waals surface area (Å²) in [5, 5.41) is 11.4. The quantitative estimate of drug-likeness (QED) is 0.791. The smallest absolute Gasteiger partial charge is 0.303 e. The molecule has 0 bridgehead atoms. The van der Waals surface area contributed by atoms with Gasteiger partial charge in [-0.25, -0.2) is 0 Å². The van der Waals surface area contributed by atoms with Gasteiger partial charge in [0.2, 0.25) is 5.91 Å². The van der Waals surface area contributed by atoms with Gasteiger partial charge in [-0.05, 0) is 31.9 Å². The summed E-state index contributed by atoms with van der Waals surface area (Å²) in [5.74, 6) is -1.10. The lowest BCUT2D eigenvalue weighted by Crippen LogP contribution is -2.21. The van der Waals surface area contributed by atoms with E-state index in [-0.39, 0.29) is 25.0 Å². The third kappa shape index (κ3) is 6.01. The molecule has 0 saturated heterocycles. The lowest BCUT2D eigenvalue weighted by molar-refractivity contribution is -0.137. The summed E-state index contributed by atoms with van der Waals surface area (Å²) < 4.78 is 5.21. The average Bonchev–Trinajstić information content (AvgIpc) is 2.35. The van der Waals surface area contributed by atoms with Crippen molar-refractivity contribution in [1.29, 1.82) is 0 Å². The van der Waals surface area contributed by atoms with Crippen molar-refractivity contribution in [2.24, 2.45) is 0 Å². The number of carboxylic acid groups (broad SMARTS) is 1. The minimum absolute atomic E-state index is 0.00648. The van der Waals surface area contributed by atoms with Crippen LogP contribution >= 0.6 is 0 Å². The van der Waals surface area contributed by atoms with Gasteiger partial charge >= 0.3 is 5.97 Å². The number of nitrogens with one attached hydrogen (secondary N) is 1. The Morgan fingerprint density at radius 1 is 1.32 bits per heavy atom. The molecule has 0 unspecified atom stereocenters. The summed E-state index contributed by atoms with van der Waals surface area (Å²) in [6.07, 6.45) is 0.416. The van der Waals surface area contributed by atoms with Crippen LogP contribution in [0, 0.1) is 0 Å². The molecule has 1 aromatic rings. The van der Waals surface area contributed by atoms with E-state index in [0.717, 1.165) is 5.56 Å². The maximum Gasteiger partial charge on any atom is 0.303 e. The molecule has 1 rings (SSSR count). The molecule has 5 heteroatoms. The summed E-state index contributed by atoms with van der Waals surface area (Å²) in [6, 6.07) is 7.17. The summed E-state index contributed by atoms with van der Waals surface area (Å²) in [5.41, 5.74) is 1.45. The van der Waals surface area contributed by atoms with Gasteiger partial charge in [0.1, 0.15) is 6.61 Å². The number of ether oxygens (including phenoxy) is 1. The van der Waals surface area contributed by atoms with Crippen molar-refractivity contribution in [2.45, 2.75) is 32.8 Å². The van der Waals surface area contributed by atoms with Crippen LogP contribution in [-0.2, 0) is 20.7 Å². The monoisotopic (exact) mass is 265 g/mol. The summed E-state index contributed by atoms with van der Waals surface area (Å²) in [7, 11) is 0. The topological polar surface area (TPSA) is 75.6 Å². The van der Waals surface area contributed by atoms with Crippen LogP contribution in [0.25, 0.3) is 0 Å². The summed E-state index contributed by atoms with van der Waals surface area (Å²) in [6.45, 7) is 3.70. The van der Waals surface area contributed by atoms with Gasteiger partial charge in [0.15, 0.2) is 0 Å². The molecule has 0 fully saturated rings. The van der Waals surface area contributed by atoms with Crippen LogP contribution in [0.2, 0.25) is 0 Å². The Morgan fingerprint density at radius 3 is 2.63 bits per heavy atom. The van der Waals surface area contributed by atoms with Gasteiger partial charge in [0, 0.05) is 12.1 Å². The molecule has 0 heterocycles. The summed E-state index contributed by atoms with van der Waals surface area (Å²) in [4.78, 5) is 22.2. The number of hydrogen-bond acceptors (Lipinski definition) is 3. The number of anilines is 1. The number of amides is 1. The van der Waals surface area contributed by atoms with Crippen LogP contribution in [0.4, 0.5) is 5.69 Å². The molecule has 1 amide bonds. The van der Waals surface area contributed by atoms with Gasteiger partial charge in [-0.15, -0.1) is 0 Å². The highest BCUT2D eigenvalue weighted by Gasteiger charge is 2.08. The Labute approximate surface area is 112 Å². The standard InChI is InChI=1S/C14H19NO4/c1-10(2)19-9-13(16)15-12-6-4-3-5-11(12)7-8-14(17)18/h3-6,10H,7-9H2,1-2H3,(H,15,16)(H,17,18). The van der Waals surface area contributed by atoms with E-state index >= 15 is 0 Å². The van der Waals surface area contributed by atoms with Crippen molar-refractivity contribution < 1.29 is 19.4 Å². The summed E-state index contributed by atoms with van der Waals surface area (Å²) >= 11 is 0. The third-order valence-corrected chi connectivity index (χ3v) is 2.45. The highest BCUT2D eigenvalue weighted by molar-refractivity contribution is 5.92. The van der Waals surface area contributed by atoms with E-state index in [0.29, 0.717) is 12.1 Å². The largest absolute Gasteiger partial charge is 0.481 e. The lowest BCUT2D eigenvalue weighted by atomic mass is 10.1. The number of carbonyl (C=O) groups is 2. The molecule has 0 atom stereocenters. The zero-order valence-corrected chi connectivity index (χ0v) is 11.2. The first kappa shape index (κ1) is 15.2. The normalized spacial score (nSPS) is 10.5. The highest BCUT2D eigenvalue weighted by atomic mass is 16.5. The van der Waals surface area contributed by atoms with Crippen molar-refractivity contribution in [3.8, 4) is 0 Å². The highest BCUT2D eigenvalue weighted by Crippen LogP contribution is 2.16. The molecule has 19 heavy (non-hydrogen) atoms. The lowest BCUT2D eigenvalue weighted by Gasteiger charge is -2.11. The van der Waals surface area contributed by atoms with E-state index in [1.807, 2.05) is 26.0 Å². The number of aryl methyl sites for hydroxylation is 1. The predicted octanol–water partition coefficient (Wildman–Crippen LogP) is 2.07. The Bertz CT molecular complexity index is 443. The predicted molar refractivity (Wildman–Crippen MR) is 72.1 cm³/mol. The van der Waals surface area contributed by atoms with Crippen LogP contribution in [0.1, 0.15) is 25.8 Å². The molecule has 104 valence electrons. The SMILES string of the molecule is CC(C)OCC(=O)Nc1ccccc1CCC(=O)O. The Kier molecular flexibility index (Phi) is 6.02. The van der Waals surface area contributed by atoms with Crippen LogP contribution in [0.5, 0.6) is 0 Å². The molecule has 5 nitrogen and oxygen atoms in total. The van der Waals surface area contributed by atoms with Crippen molar-refractivity contribution in [3.05, 3.63) is 29.8 Å². The van der Waals surface area contributed by atoms with Gasteiger partial charge in [-0.1, -0.05) is 18.2 Å². The van der Waals surface area contributed by atoms with Crippen molar-refractivity contribution in [2.75, 3.05) is 11.9 Å². The Morgan fingerprint density at radius 2 is 2.00 bits per heavy atom. The van der Waals surface area contributed by atoms with E-state index in [1.54, 1.807) is 12.1 Å². The molecule has 1 aromatic carbocycles. The molecule has 0 spiro atoms. The number of rotatable bonds is 7. The van der Waals surface area contributed by atoms with Crippen molar-refractivity contribution >= 4 is 17.6 Å². The number of carbonyl (C=O) groups excluding carboxylic acids is 1. The van der Waals surface area contributed by atoms with Gasteiger partial charge in [0.05, 0.1) is 6.10 Å². The molecule has 0 radical (unpaired) electrons. The average molecular weight is 265 g/mol. The first-order valence-electron chi connectivity index (χ1n) is 6.20. The first-order valence-corrected chi connectivity index (χ1v) is 6.20. The molecule has 0 saturated carbocycles. The molecule has 2 N–H and O–H groups in total. The van der Waals surface area contributed by atoms with Crippen molar-refractivity contribution in [1.82, 2.24) is 0 Å². The maximum absolute atomic E-state index is 11.7. The first-order chi connectivity index (χ1) is 8.99. The second kappa shape index (κ2) is 7.53. The number of para-hydroxylation sites is 1. The number of benzene rings is 1. The second-order valence-electron chi connectivity index (χ2n) is 4.46. The van der Waals surface area contributed by atoms with Gasteiger partial charge < -0.3 is 15.2 Å². The zero-order valence-electron chi connectivity index (χ0n) is 11.2. The molecular weight excluding hydrogens is 246 g/mol. The minimum atomic E-state index is -0.857. The maximum atomic E-state index is 11.7. The van der Waals surface area contributed by atoms with Gasteiger partial charge in [0.25, 0.3) is 0 Å². The van der Waals surface area contributed by atoms with Crippen molar-refractivity contribution in [3.63, 3.8) is 0 Å². The molecule has 0 aromatic heterocycles. The Hall–Kier alpha value is -1.88. The second-order valence-corrected chi connectivity index (χ2v) is 4.46. The zero-order chi connectivity index (χ0) is 14.3. The number of hydrogen-bond donors (Lipinski definition) is 2. The van der Waals surface area contributed by atoms with E-state index in [9.17, 15) is 9.59 Å². The van der Waals surface area contributed by atoms with Crippen LogP contribution < -0.4 is 5.32 Å². The van der Waals surface area contributed by atoms with E-state index < -0.39 is 5.97 Å². The van der Waals surface area contributed by atoms with Gasteiger partial charge in [-0.2, -0.15) is 0 Å². The van der Waals surface area contributed by atoms with Crippen LogP contribution in [0.15, 0.2) is 24.3 Å². The Balaban J connectivity index is 2.61. The fraction of sp³-hybridized carbons (Fsp3) is 0.429. The molecule has 0 aliphatic heterocycles. The third-order valence-electron chi connectivity index (χ3n) is 2.45. The fourth-order valence-electron chi connectivity index (χ4n) is 1.53. The number of carboxylic acids is 1. The van der Waals surface area contributed by atoms with E-state index in [1.165, 1.54) is 0 Å². The van der Waals surface area contributed by atoms with E-state index in [4.69, 9.17) is 9.84 Å². The minimum Gasteiger partial charge on any atom is -0.481 e. The number of aliphatic carboxylic acids is 1. The molecule has 0 aliphatic carbocycles. The van der Waals surface area contributed by atoms with Crippen LogP contribution in [0.3, 0.4) is 0 Å². The van der Waals surface area contributed by atoms with Crippen LogP contribution in [-0.4, -0.2) is 29.7 Å². The molecular formula is C14H19NO4.